The summed E-state index contributed by atoms with van der Waals surface area (Å²) in [6, 6.07) is 20.5. The quantitative estimate of drug-likeness (QED) is 0.292. The molecule has 0 N–H and O–H groups in total. The smallest absolute Gasteiger partial charge is 0.158 e. The van der Waals surface area contributed by atoms with Crippen molar-refractivity contribution in [3.8, 4) is 24.3 Å². The molecule has 0 saturated heterocycles. The summed E-state index contributed by atoms with van der Waals surface area (Å²) < 4.78 is 0. The molecule has 3 aromatic heterocycles. The van der Waals surface area contributed by atoms with Gasteiger partial charge in [0.2, 0.25) is 0 Å². The van der Waals surface area contributed by atoms with Crippen LogP contribution in [-0.4, -0.2) is 15.0 Å². The van der Waals surface area contributed by atoms with Crippen LogP contribution in [-0.2, 0) is 0 Å². The first-order chi connectivity index (χ1) is 14.7. The average molecular weight is 381 g/mol. The zero-order valence-corrected chi connectivity index (χ0v) is 15.2. The van der Waals surface area contributed by atoms with Crippen molar-refractivity contribution in [2.75, 3.05) is 0 Å². The van der Waals surface area contributed by atoms with Crippen LogP contribution in [0, 0.1) is 45.3 Å². The molecule has 0 atom stereocenters. The van der Waals surface area contributed by atoms with Gasteiger partial charge in [0, 0.05) is 21.5 Å². The van der Waals surface area contributed by atoms with Crippen molar-refractivity contribution in [1.82, 2.24) is 15.0 Å². The Labute approximate surface area is 169 Å². The van der Waals surface area contributed by atoms with E-state index in [4.69, 9.17) is 4.98 Å². The lowest BCUT2D eigenvalue weighted by atomic mass is 9.99. The maximum atomic E-state index is 9.46. The van der Waals surface area contributed by atoms with Crippen molar-refractivity contribution in [2.45, 2.75) is 0 Å². The highest BCUT2D eigenvalue weighted by atomic mass is 14.8. The van der Waals surface area contributed by atoms with Crippen LogP contribution < -0.4 is 0 Å². The number of hydrogen-bond donors (Lipinski definition) is 0. The summed E-state index contributed by atoms with van der Waals surface area (Å²) in [6.45, 7) is 0. The molecule has 0 fully saturated rings. The number of pyridine rings is 3. The van der Waals surface area contributed by atoms with E-state index in [1.807, 2.05) is 54.6 Å². The largest absolute Gasteiger partial charge is 0.247 e. The SMILES string of the molecule is N#Cc1cc2c(nc1C#N)c1cc(C#N)c(C#N)nc1c1cc3ccccc3nc21. The summed E-state index contributed by atoms with van der Waals surface area (Å²) in [5.74, 6) is 0. The highest BCUT2D eigenvalue weighted by Crippen LogP contribution is 2.35. The summed E-state index contributed by atoms with van der Waals surface area (Å²) >= 11 is 0. The first kappa shape index (κ1) is 17.0. The first-order valence-corrected chi connectivity index (χ1v) is 8.80. The van der Waals surface area contributed by atoms with Crippen LogP contribution in [0.3, 0.4) is 0 Å². The minimum atomic E-state index is -0.0192. The maximum absolute atomic E-state index is 9.46. The molecular weight excluding hydrogens is 374 g/mol. The zero-order chi connectivity index (χ0) is 20.8. The fraction of sp³-hybridized carbons (Fsp3) is 0. The number of nitrogens with zero attached hydrogens (tertiary/aromatic N) is 7. The number of fused-ring (bicyclic) bond motifs is 7. The van der Waals surface area contributed by atoms with Crippen LogP contribution in [0.25, 0.3) is 43.6 Å². The third-order valence-electron chi connectivity index (χ3n) is 4.99. The lowest BCUT2D eigenvalue weighted by Crippen LogP contribution is -1.98. The Morgan fingerprint density at radius 1 is 0.567 bits per heavy atom. The highest BCUT2D eigenvalue weighted by molar-refractivity contribution is 6.23. The molecule has 0 spiro atoms. The molecule has 0 unspecified atom stereocenters. The van der Waals surface area contributed by atoms with E-state index in [0.717, 1.165) is 10.9 Å². The molecule has 0 saturated carbocycles. The Kier molecular flexibility index (Phi) is 3.52. The molecule has 3 heterocycles. The van der Waals surface area contributed by atoms with Crippen LogP contribution in [0.5, 0.6) is 0 Å². The molecule has 7 heteroatoms. The third kappa shape index (κ3) is 2.25. The number of nitriles is 4. The van der Waals surface area contributed by atoms with Crippen LogP contribution in [0.2, 0.25) is 0 Å². The van der Waals surface area contributed by atoms with Crippen LogP contribution in [0.1, 0.15) is 22.5 Å². The van der Waals surface area contributed by atoms with E-state index < -0.39 is 0 Å². The summed E-state index contributed by atoms with van der Waals surface area (Å²) in [5, 5.41) is 40.4. The molecule has 134 valence electrons. The van der Waals surface area contributed by atoms with E-state index in [1.165, 1.54) is 0 Å². The van der Waals surface area contributed by atoms with Crippen LogP contribution >= 0.6 is 0 Å². The molecule has 7 nitrogen and oxygen atoms in total. The van der Waals surface area contributed by atoms with Crippen molar-refractivity contribution >= 4 is 43.6 Å². The first-order valence-electron chi connectivity index (χ1n) is 8.80. The molecular formula is C23H7N7. The average Bonchev–Trinajstić information content (AvgIpc) is 2.81. The Morgan fingerprint density at radius 3 is 1.60 bits per heavy atom. The number of benzene rings is 2. The van der Waals surface area contributed by atoms with Gasteiger partial charge in [-0.1, -0.05) is 18.2 Å². The van der Waals surface area contributed by atoms with Gasteiger partial charge in [0.05, 0.1) is 33.2 Å². The fourth-order valence-corrected chi connectivity index (χ4v) is 3.64. The Bertz CT molecular complexity index is 1610. The monoisotopic (exact) mass is 381 g/mol. The summed E-state index contributed by atoms with van der Waals surface area (Å²) in [6.07, 6.45) is 0. The van der Waals surface area contributed by atoms with Crippen molar-refractivity contribution < 1.29 is 0 Å². The van der Waals surface area contributed by atoms with Gasteiger partial charge in [-0.15, -0.1) is 0 Å². The van der Waals surface area contributed by atoms with Crippen molar-refractivity contribution in [2.24, 2.45) is 0 Å². The van der Waals surface area contributed by atoms with E-state index in [0.29, 0.717) is 32.7 Å². The van der Waals surface area contributed by atoms with Crippen LogP contribution in [0.15, 0.2) is 42.5 Å². The van der Waals surface area contributed by atoms with Gasteiger partial charge in [0.1, 0.15) is 24.3 Å². The Balaban J connectivity index is 2.15. The van der Waals surface area contributed by atoms with E-state index in [-0.39, 0.29) is 22.5 Å². The third-order valence-corrected chi connectivity index (χ3v) is 4.99. The van der Waals surface area contributed by atoms with Gasteiger partial charge in [-0.05, 0) is 24.3 Å². The zero-order valence-electron chi connectivity index (χ0n) is 15.2. The summed E-state index contributed by atoms with van der Waals surface area (Å²) in [5.41, 5.74) is 2.43. The van der Waals surface area contributed by atoms with Gasteiger partial charge in [0.15, 0.2) is 11.4 Å². The fourth-order valence-electron chi connectivity index (χ4n) is 3.64. The molecule has 0 amide bonds. The number of hydrogen-bond acceptors (Lipinski definition) is 7. The van der Waals surface area contributed by atoms with Crippen molar-refractivity contribution in [3.63, 3.8) is 0 Å². The molecule has 0 aliphatic heterocycles. The number of rotatable bonds is 0. The minimum Gasteiger partial charge on any atom is -0.247 e. The van der Waals surface area contributed by atoms with E-state index in [1.54, 1.807) is 12.1 Å². The van der Waals surface area contributed by atoms with E-state index >= 15 is 0 Å². The highest BCUT2D eigenvalue weighted by Gasteiger charge is 2.18. The predicted molar refractivity (Wildman–Crippen MR) is 109 cm³/mol. The van der Waals surface area contributed by atoms with E-state index in [2.05, 4.69) is 9.97 Å². The van der Waals surface area contributed by atoms with Gasteiger partial charge < -0.3 is 0 Å². The van der Waals surface area contributed by atoms with Crippen molar-refractivity contribution in [3.05, 3.63) is 65.0 Å². The van der Waals surface area contributed by atoms with Gasteiger partial charge >= 0.3 is 0 Å². The summed E-state index contributed by atoms with van der Waals surface area (Å²) in [4.78, 5) is 13.6. The molecule has 0 aliphatic rings. The Morgan fingerprint density at radius 2 is 1.07 bits per heavy atom. The molecule has 0 radical (unpaired) electrons. The lowest BCUT2D eigenvalue weighted by molar-refractivity contribution is 1.28. The van der Waals surface area contributed by atoms with Crippen LogP contribution in [0.4, 0.5) is 0 Å². The Hall–Kier alpha value is -5.11. The minimum absolute atomic E-state index is 0.00737. The molecule has 0 aliphatic carbocycles. The normalized spacial score (nSPS) is 10.5. The summed E-state index contributed by atoms with van der Waals surface area (Å²) in [7, 11) is 0. The van der Waals surface area contributed by atoms with Gasteiger partial charge in [0.25, 0.3) is 0 Å². The van der Waals surface area contributed by atoms with Gasteiger partial charge in [-0.25, -0.2) is 15.0 Å². The molecule has 5 rings (SSSR count). The van der Waals surface area contributed by atoms with E-state index in [9.17, 15) is 21.0 Å². The molecule has 30 heavy (non-hydrogen) atoms. The van der Waals surface area contributed by atoms with Gasteiger partial charge in [-0.2, -0.15) is 21.0 Å². The predicted octanol–water partition coefficient (Wildman–Crippen LogP) is 3.97. The maximum Gasteiger partial charge on any atom is 0.158 e. The van der Waals surface area contributed by atoms with Crippen molar-refractivity contribution in [1.29, 1.82) is 21.0 Å². The number of para-hydroxylation sites is 1. The molecule has 5 aromatic rings. The van der Waals surface area contributed by atoms with Gasteiger partial charge in [-0.3, -0.25) is 0 Å². The topological polar surface area (TPSA) is 134 Å². The molecule has 0 bridgehead atoms. The number of aromatic nitrogens is 3. The standard InChI is InChI=1S/C23H7N7/c24-8-13-6-16-21-15(5-12-3-1-2-4-18(12)28-21)22-17(23(16)30-20(13)11-27)7-14(9-25)19(10-26)29-22/h1-7H. The second kappa shape index (κ2) is 6.21. The second-order valence-electron chi connectivity index (χ2n) is 6.59. The molecule has 2 aromatic carbocycles. The lowest BCUT2D eigenvalue weighted by Gasteiger charge is -2.11. The second-order valence-corrected chi connectivity index (χ2v) is 6.59.